The molecule has 0 unspecified atom stereocenters. The highest BCUT2D eigenvalue weighted by Crippen LogP contribution is 2.31. The molecule has 0 saturated heterocycles. The SMILES string of the molecule is Nc1ccc(CC(=O)N(CC2CCCCC2)C2CC2)nc1. The highest BCUT2D eigenvalue weighted by atomic mass is 16.2. The fourth-order valence-electron chi connectivity index (χ4n) is 3.29. The van der Waals surface area contributed by atoms with E-state index >= 15 is 0 Å². The minimum absolute atomic E-state index is 0.236. The van der Waals surface area contributed by atoms with Crippen molar-refractivity contribution in [2.24, 2.45) is 5.92 Å². The third-order valence-electron chi connectivity index (χ3n) is 4.67. The fraction of sp³-hybridized carbons (Fsp3) is 0.647. The molecule has 4 heteroatoms. The highest BCUT2D eigenvalue weighted by molar-refractivity contribution is 5.79. The molecule has 1 aromatic heterocycles. The van der Waals surface area contributed by atoms with Crippen molar-refractivity contribution in [2.75, 3.05) is 12.3 Å². The van der Waals surface area contributed by atoms with Gasteiger partial charge in [0.25, 0.3) is 0 Å². The van der Waals surface area contributed by atoms with E-state index in [1.807, 2.05) is 12.1 Å². The van der Waals surface area contributed by atoms with Crippen LogP contribution < -0.4 is 5.73 Å². The number of hydrogen-bond acceptors (Lipinski definition) is 3. The summed E-state index contributed by atoms with van der Waals surface area (Å²) in [5.74, 6) is 0.947. The van der Waals surface area contributed by atoms with Gasteiger partial charge in [-0.25, -0.2) is 0 Å². The average molecular weight is 287 g/mol. The summed E-state index contributed by atoms with van der Waals surface area (Å²) in [6, 6.07) is 4.17. The third-order valence-corrected chi connectivity index (χ3v) is 4.67. The Kier molecular flexibility index (Phi) is 4.42. The smallest absolute Gasteiger partial charge is 0.228 e. The Hall–Kier alpha value is -1.58. The van der Waals surface area contributed by atoms with Gasteiger partial charge in [0.05, 0.1) is 18.3 Å². The lowest BCUT2D eigenvalue weighted by atomic mass is 9.89. The summed E-state index contributed by atoms with van der Waals surface area (Å²) in [5, 5.41) is 0. The second-order valence-corrected chi connectivity index (χ2v) is 6.54. The Labute approximate surface area is 126 Å². The zero-order valence-corrected chi connectivity index (χ0v) is 12.6. The van der Waals surface area contributed by atoms with Crippen molar-refractivity contribution >= 4 is 11.6 Å². The van der Waals surface area contributed by atoms with Crippen LogP contribution in [-0.4, -0.2) is 28.4 Å². The Morgan fingerprint density at radius 1 is 1.19 bits per heavy atom. The molecule has 114 valence electrons. The number of anilines is 1. The van der Waals surface area contributed by atoms with E-state index in [2.05, 4.69) is 9.88 Å². The molecule has 1 heterocycles. The lowest BCUT2D eigenvalue weighted by Crippen LogP contribution is -2.38. The quantitative estimate of drug-likeness (QED) is 0.906. The molecule has 2 fully saturated rings. The van der Waals surface area contributed by atoms with Crippen LogP contribution in [-0.2, 0) is 11.2 Å². The largest absolute Gasteiger partial charge is 0.397 e. The second kappa shape index (κ2) is 6.46. The Morgan fingerprint density at radius 3 is 2.57 bits per heavy atom. The molecule has 4 nitrogen and oxygen atoms in total. The van der Waals surface area contributed by atoms with E-state index in [1.165, 1.54) is 44.9 Å². The number of carbonyl (C=O) groups is 1. The van der Waals surface area contributed by atoms with Crippen molar-refractivity contribution < 1.29 is 4.79 Å². The summed E-state index contributed by atoms with van der Waals surface area (Å²) in [5.41, 5.74) is 7.11. The molecule has 2 N–H and O–H groups in total. The first-order chi connectivity index (χ1) is 10.2. The standard InChI is InChI=1S/C17H25N3O/c18-14-6-7-15(19-11-14)10-17(21)20(16-8-9-16)12-13-4-2-1-3-5-13/h6-7,11,13,16H,1-5,8-10,12,18H2. The number of aromatic nitrogens is 1. The molecule has 0 aromatic carbocycles. The zero-order chi connectivity index (χ0) is 14.7. The first-order valence-electron chi connectivity index (χ1n) is 8.22. The van der Waals surface area contributed by atoms with Gasteiger partial charge in [-0.2, -0.15) is 0 Å². The molecule has 21 heavy (non-hydrogen) atoms. The van der Waals surface area contributed by atoms with Gasteiger partial charge in [0, 0.05) is 18.3 Å². The van der Waals surface area contributed by atoms with Crippen LogP contribution in [0.5, 0.6) is 0 Å². The Balaban J connectivity index is 1.60. The summed E-state index contributed by atoms with van der Waals surface area (Å²) in [7, 11) is 0. The number of nitrogens with two attached hydrogens (primary N) is 1. The number of nitrogens with zero attached hydrogens (tertiary/aromatic N) is 2. The predicted molar refractivity (Wildman–Crippen MR) is 83.7 cm³/mol. The summed E-state index contributed by atoms with van der Waals surface area (Å²) < 4.78 is 0. The maximum atomic E-state index is 12.6. The minimum Gasteiger partial charge on any atom is -0.397 e. The second-order valence-electron chi connectivity index (χ2n) is 6.54. The molecule has 0 spiro atoms. The fourth-order valence-corrected chi connectivity index (χ4v) is 3.29. The predicted octanol–water partition coefficient (Wildman–Crippen LogP) is 2.78. The van der Waals surface area contributed by atoms with Crippen molar-refractivity contribution in [2.45, 2.75) is 57.4 Å². The maximum absolute atomic E-state index is 12.6. The molecule has 1 amide bonds. The minimum atomic E-state index is 0.236. The van der Waals surface area contributed by atoms with E-state index in [-0.39, 0.29) is 5.91 Å². The van der Waals surface area contributed by atoms with Gasteiger partial charge in [-0.3, -0.25) is 9.78 Å². The van der Waals surface area contributed by atoms with Crippen molar-refractivity contribution in [3.05, 3.63) is 24.0 Å². The van der Waals surface area contributed by atoms with Crippen molar-refractivity contribution in [1.82, 2.24) is 9.88 Å². The van der Waals surface area contributed by atoms with Crippen LogP contribution in [0.1, 0.15) is 50.6 Å². The van der Waals surface area contributed by atoms with Crippen LogP contribution in [0.3, 0.4) is 0 Å². The summed E-state index contributed by atoms with van der Waals surface area (Å²) in [6.45, 7) is 0.957. The average Bonchev–Trinajstić information content (AvgIpc) is 3.33. The molecule has 1 aromatic rings. The van der Waals surface area contributed by atoms with Crippen molar-refractivity contribution in [3.63, 3.8) is 0 Å². The molecular weight excluding hydrogens is 262 g/mol. The van der Waals surface area contributed by atoms with E-state index in [9.17, 15) is 4.79 Å². The number of carbonyl (C=O) groups excluding carboxylic acids is 1. The summed E-state index contributed by atoms with van der Waals surface area (Å²) in [6.07, 6.45) is 11.0. The molecule has 0 aliphatic heterocycles. The number of pyridine rings is 1. The first-order valence-corrected chi connectivity index (χ1v) is 8.22. The highest BCUT2D eigenvalue weighted by Gasteiger charge is 2.34. The van der Waals surface area contributed by atoms with Crippen LogP contribution in [0.4, 0.5) is 5.69 Å². The topological polar surface area (TPSA) is 59.2 Å². The van der Waals surface area contributed by atoms with E-state index in [1.54, 1.807) is 6.20 Å². The van der Waals surface area contributed by atoms with Crippen LogP contribution >= 0.6 is 0 Å². The Bertz CT molecular complexity index is 475. The summed E-state index contributed by atoms with van der Waals surface area (Å²) in [4.78, 5) is 19.0. The molecule has 0 bridgehead atoms. The van der Waals surface area contributed by atoms with E-state index in [0.29, 0.717) is 24.1 Å². The van der Waals surface area contributed by atoms with E-state index in [0.717, 1.165) is 12.2 Å². The van der Waals surface area contributed by atoms with Gasteiger partial charge in [0.15, 0.2) is 0 Å². The first kappa shape index (κ1) is 14.4. The van der Waals surface area contributed by atoms with Gasteiger partial charge in [-0.15, -0.1) is 0 Å². The van der Waals surface area contributed by atoms with Crippen molar-refractivity contribution in [3.8, 4) is 0 Å². The Morgan fingerprint density at radius 2 is 1.95 bits per heavy atom. The normalized spacial score (nSPS) is 19.4. The van der Waals surface area contributed by atoms with Gasteiger partial charge in [0.2, 0.25) is 5.91 Å². The lowest BCUT2D eigenvalue weighted by molar-refractivity contribution is -0.132. The molecule has 2 saturated carbocycles. The molecule has 0 atom stereocenters. The van der Waals surface area contributed by atoms with Crippen LogP contribution in [0.2, 0.25) is 0 Å². The van der Waals surface area contributed by atoms with E-state index in [4.69, 9.17) is 5.73 Å². The number of nitrogen functional groups attached to an aromatic ring is 1. The zero-order valence-electron chi connectivity index (χ0n) is 12.6. The number of amides is 1. The van der Waals surface area contributed by atoms with Crippen molar-refractivity contribution in [1.29, 1.82) is 0 Å². The van der Waals surface area contributed by atoms with Crippen LogP contribution in [0, 0.1) is 5.92 Å². The van der Waals surface area contributed by atoms with Gasteiger partial charge >= 0.3 is 0 Å². The molecule has 2 aliphatic rings. The van der Waals surface area contributed by atoms with Gasteiger partial charge in [-0.05, 0) is 43.7 Å². The third kappa shape index (κ3) is 3.96. The maximum Gasteiger partial charge on any atom is 0.228 e. The molecule has 3 rings (SSSR count). The number of hydrogen-bond donors (Lipinski definition) is 1. The number of rotatable bonds is 5. The van der Waals surface area contributed by atoms with Gasteiger partial charge in [-0.1, -0.05) is 19.3 Å². The van der Waals surface area contributed by atoms with Gasteiger partial charge in [0.1, 0.15) is 0 Å². The van der Waals surface area contributed by atoms with Gasteiger partial charge < -0.3 is 10.6 Å². The van der Waals surface area contributed by atoms with E-state index < -0.39 is 0 Å². The monoisotopic (exact) mass is 287 g/mol. The van der Waals surface area contributed by atoms with Crippen LogP contribution in [0.15, 0.2) is 18.3 Å². The summed E-state index contributed by atoms with van der Waals surface area (Å²) >= 11 is 0. The lowest BCUT2D eigenvalue weighted by Gasteiger charge is -2.30. The van der Waals surface area contributed by atoms with Crippen LogP contribution in [0.25, 0.3) is 0 Å². The molecular formula is C17H25N3O. The molecule has 2 aliphatic carbocycles. The molecule has 0 radical (unpaired) electrons.